The third-order valence-electron chi connectivity index (χ3n) is 1.59. The van der Waals surface area contributed by atoms with Crippen molar-refractivity contribution in [3.8, 4) is 0 Å². The topological polar surface area (TPSA) is 55.2 Å². The summed E-state index contributed by atoms with van der Waals surface area (Å²) in [4.78, 5) is 9.88. The van der Waals surface area contributed by atoms with Crippen molar-refractivity contribution in [2.75, 3.05) is 11.9 Å². The van der Waals surface area contributed by atoms with E-state index in [2.05, 4.69) is 11.9 Å². The van der Waals surface area contributed by atoms with Crippen LogP contribution in [0.25, 0.3) is 0 Å². The van der Waals surface area contributed by atoms with Gasteiger partial charge in [0, 0.05) is 6.54 Å². The third-order valence-corrected chi connectivity index (χ3v) is 1.59. The molecule has 0 atom stereocenters. The van der Waals surface area contributed by atoms with Crippen LogP contribution in [0, 0.1) is 15.9 Å². The van der Waals surface area contributed by atoms with E-state index in [0.717, 1.165) is 6.07 Å². The van der Waals surface area contributed by atoms with Gasteiger partial charge in [0.2, 0.25) is 0 Å². The SMILES string of the molecule is C=CCNc1ccc(F)cc1[N+](=O)[O-]. The molecule has 0 heterocycles. The van der Waals surface area contributed by atoms with E-state index in [1.54, 1.807) is 6.08 Å². The molecule has 5 heteroatoms. The summed E-state index contributed by atoms with van der Waals surface area (Å²) in [5.74, 6) is -0.624. The van der Waals surface area contributed by atoms with Gasteiger partial charge in [-0.2, -0.15) is 0 Å². The highest BCUT2D eigenvalue weighted by molar-refractivity contribution is 5.61. The predicted molar refractivity (Wildman–Crippen MR) is 51.7 cm³/mol. The molecule has 0 bridgehead atoms. The first-order valence-electron chi connectivity index (χ1n) is 3.94. The molecule has 0 aromatic heterocycles. The van der Waals surface area contributed by atoms with Crippen LogP contribution in [0.4, 0.5) is 15.8 Å². The highest BCUT2D eigenvalue weighted by atomic mass is 19.1. The number of benzene rings is 1. The second-order valence-corrected chi connectivity index (χ2v) is 2.59. The number of nitrogens with one attached hydrogen (secondary N) is 1. The molecule has 74 valence electrons. The minimum Gasteiger partial charge on any atom is -0.376 e. The molecule has 0 spiro atoms. The normalized spacial score (nSPS) is 9.50. The Bertz CT molecular complexity index is 366. The predicted octanol–water partition coefficient (Wildman–Crippen LogP) is 2.33. The van der Waals surface area contributed by atoms with Crippen LogP contribution in [-0.2, 0) is 0 Å². The van der Waals surface area contributed by atoms with Crippen molar-refractivity contribution in [2.45, 2.75) is 0 Å². The second kappa shape index (κ2) is 4.36. The number of hydrogen-bond donors (Lipinski definition) is 1. The van der Waals surface area contributed by atoms with Crippen molar-refractivity contribution in [3.05, 3.63) is 46.8 Å². The van der Waals surface area contributed by atoms with Gasteiger partial charge in [0.1, 0.15) is 11.5 Å². The van der Waals surface area contributed by atoms with Gasteiger partial charge in [-0.1, -0.05) is 6.08 Å². The first-order valence-corrected chi connectivity index (χ1v) is 3.94. The fourth-order valence-corrected chi connectivity index (χ4v) is 0.987. The Morgan fingerprint density at radius 2 is 2.36 bits per heavy atom. The van der Waals surface area contributed by atoms with Crippen molar-refractivity contribution < 1.29 is 9.31 Å². The second-order valence-electron chi connectivity index (χ2n) is 2.59. The van der Waals surface area contributed by atoms with Crippen molar-refractivity contribution in [1.82, 2.24) is 0 Å². The number of rotatable bonds is 4. The monoisotopic (exact) mass is 196 g/mol. The molecule has 0 aliphatic heterocycles. The number of hydrogen-bond acceptors (Lipinski definition) is 3. The first-order chi connectivity index (χ1) is 6.65. The van der Waals surface area contributed by atoms with Crippen molar-refractivity contribution in [1.29, 1.82) is 0 Å². The van der Waals surface area contributed by atoms with Crippen LogP contribution in [0.15, 0.2) is 30.9 Å². The van der Waals surface area contributed by atoms with E-state index in [4.69, 9.17) is 0 Å². The summed E-state index contributed by atoms with van der Waals surface area (Å²) in [5, 5.41) is 13.3. The van der Waals surface area contributed by atoms with E-state index in [0.29, 0.717) is 6.54 Å². The Morgan fingerprint density at radius 3 is 2.93 bits per heavy atom. The van der Waals surface area contributed by atoms with Gasteiger partial charge in [0.15, 0.2) is 0 Å². The molecule has 0 fully saturated rings. The quantitative estimate of drug-likeness (QED) is 0.456. The molecule has 1 N–H and O–H groups in total. The molecule has 1 rings (SSSR count). The van der Waals surface area contributed by atoms with E-state index >= 15 is 0 Å². The van der Waals surface area contributed by atoms with Gasteiger partial charge in [-0.3, -0.25) is 10.1 Å². The summed E-state index contributed by atoms with van der Waals surface area (Å²) < 4.78 is 12.7. The van der Waals surface area contributed by atoms with Gasteiger partial charge in [-0.25, -0.2) is 4.39 Å². The molecule has 0 amide bonds. The lowest BCUT2D eigenvalue weighted by molar-refractivity contribution is -0.384. The third kappa shape index (κ3) is 2.29. The lowest BCUT2D eigenvalue weighted by Gasteiger charge is -2.03. The standard InChI is InChI=1S/C9H9FN2O2/c1-2-5-11-8-4-3-7(10)6-9(8)12(13)14/h2-4,6,11H,1,5H2. The molecule has 0 saturated heterocycles. The number of nitro groups is 1. The molecule has 1 aromatic rings. The van der Waals surface area contributed by atoms with Gasteiger partial charge in [-0.15, -0.1) is 6.58 Å². The first kappa shape index (κ1) is 10.2. The van der Waals surface area contributed by atoms with Gasteiger partial charge in [0.25, 0.3) is 5.69 Å². The lowest BCUT2D eigenvalue weighted by atomic mass is 10.2. The van der Waals surface area contributed by atoms with Gasteiger partial charge < -0.3 is 5.32 Å². The zero-order valence-corrected chi connectivity index (χ0v) is 7.37. The van der Waals surface area contributed by atoms with Crippen LogP contribution < -0.4 is 5.32 Å². The van der Waals surface area contributed by atoms with Crippen LogP contribution in [0.3, 0.4) is 0 Å². The maximum atomic E-state index is 12.7. The zero-order valence-electron chi connectivity index (χ0n) is 7.37. The molecule has 4 nitrogen and oxygen atoms in total. The minimum absolute atomic E-state index is 0.271. The Kier molecular flexibility index (Phi) is 3.17. The van der Waals surface area contributed by atoms with Crippen molar-refractivity contribution >= 4 is 11.4 Å². The fourth-order valence-electron chi connectivity index (χ4n) is 0.987. The van der Waals surface area contributed by atoms with Crippen molar-refractivity contribution in [3.63, 3.8) is 0 Å². The Balaban J connectivity index is 3.01. The molecule has 0 aliphatic carbocycles. The Morgan fingerprint density at radius 1 is 1.64 bits per heavy atom. The Hall–Kier alpha value is -1.91. The van der Waals surface area contributed by atoms with Gasteiger partial charge in [-0.05, 0) is 12.1 Å². The van der Waals surface area contributed by atoms with Gasteiger partial charge in [0.05, 0.1) is 11.0 Å². The maximum absolute atomic E-state index is 12.7. The van der Waals surface area contributed by atoms with Crippen LogP contribution >= 0.6 is 0 Å². The molecule has 0 saturated carbocycles. The molecular formula is C9H9FN2O2. The highest BCUT2D eigenvalue weighted by Crippen LogP contribution is 2.24. The maximum Gasteiger partial charge on any atom is 0.295 e. The fraction of sp³-hybridized carbons (Fsp3) is 0.111. The largest absolute Gasteiger partial charge is 0.376 e. The van der Waals surface area contributed by atoms with E-state index in [1.807, 2.05) is 0 Å². The number of nitrogens with zero attached hydrogens (tertiary/aromatic N) is 1. The van der Waals surface area contributed by atoms with E-state index in [1.165, 1.54) is 12.1 Å². The van der Waals surface area contributed by atoms with Gasteiger partial charge >= 0.3 is 0 Å². The number of halogens is 1. The summed E-state index contributed by atoms with van der Waals surface area (Å²) in [6.45, 7) is 3.86. The molecule has 0 radical (unpaired) electrons. The van der Waals surface area contributed by atoms with Crippen molar-refractivity contribution in [2.24, 2.45) is 0 Å². The lowest BCUT2D eigenvalue weighted by Crippen LogP contribution is -2.02. The molecular weight excluding hydrogens is 187 g/mol. The summed E-state index contributed by atoms with van der Waals surface area (Å²) >= 11 is 0. The van der Waals surface area contributed by atoms with Crippen LogP contribution in [0.1, 0.15) is 0 Å². The number of anilines is 1. The molecule has 14 heavy (non-hydrogen) atoms. The summed E-state index contributed by atoms with van der Waals surface area (Å²) in [6.07, 6.45) is 1.56. The average molecular weight is 196 g/mol. The number of nitro benzene ring substituents is 1. The smallest absolute Gasteiger partial charge is 0.295 e. The van der Waals surface area contributed by atoms with Crippen LogP contribution in [0.2, 0.25) is 0 Å². The highest BCUT2D eigenvalue weighted by Gasteiger charge is 2.13. The minimum atomic E-state index is -0.630. The summed E-state index contributed by atoms with van der Waals surface area (Å²) in [6, 6.07) is 3.38. The van der Waals surface area contributed by atoms with E-state index < -0.39 is 10.7 Å². The van der Waals surface area contributed by atoms with Crippen LogP contribution in [0.5, 0.6) is 0 Å². The molecule has 0 aliphatic rings. The summed E-state index contributed by atoms with van der Waals surface area (Å²) in [5.41, 5.74) is 0.0168. The van der Waals surface area contributed by atoms with Crippen LogP contribution in [-0.4, -0.2) is 11.5 Å². The average Bonchev–Trinajstić information content (AvgIpc) is 2.15. The Labute approximate surface area is 80.2 Å². The zero-order chi connectivity index (χ0) is 10.6. The van der Waals surface area contributed by atoms with E-state index in [-0.39, 0.29) is 11.4 Å². The summed E-state index contributed by atoms with van der Waals surface area (Å²) in [7, 11) is 0. The molecule has 1 aromatic carbocycles. The van der Waals surface area contributed by atoms with E-state index in [9.17, 15) is 14.5 Å². The molecule has 0 unspecified atom stereocenters.